The first kappa shape index (κ1) is 14.9. The van der Waals surface area contributed by atoms with Gasteiger partial charge in [0.05, 0.1) is 19.3 Å². The fraction of sp³-hybridized carbons (Fsp3) is 0.933. The van der Waals surface area contributed by atoms with Crippen LogP contribution in [0.1, 0.15) is 40.0 Å². The van der Waals surface area contributed by atoms with Crippen molar-refractivity contribution in [1.29, 1.82) is 0 Å². The van der Waals surface area contributed by atoms with E-state index in [1.165, 1.54) is 0 Å². The lowest BCUT2D eigenvalue weighted by atomic mass is 9.71. The molecule has 0 radical (unpaired) electrons. The van der Waals surface area contributed by atoms with Gasteiger partial charge >= 0.3 is 0 Å². The van der Waals surface area contributed by atoms with Crippen LogP contribution in [0, 0.1) is 11.3 Å². The summed E-state index contributed by atoms with van der Waals surface area (Å²) in [7, 11) is 0. The minimum absolute atomic E-state index is 0.0628. The molecule has 4 nitrogen and oxygen atoms in total. The zero-order valence-electron chi connectivity index (χ0n) is 12.4. The van der Waals surface area contributed by atoms with E-state index in [1.807, 2.05) is 0 Å². The summed E-state index contributed by atoms with van der Waals surface area (Å²) < 4.78 is 5.55. The van der Waals surface area contributed by atoms with Crippen LogP contribution in [0.5, 0.6) is 0 Å². The van der Waals surface area contributed by atoms with Crippen molar-refractivity contribution in [3.8, 4) is 0 Å². The van der Waals surface area contributed by atoms with Crippen LogP contribution in [0.15, 0.2) is 0 Å². The van der Waals surface area contributed by atoms with Gasteiger partial charge in [0.25, 0.3) is 0 Å². The predicted molar refractivity (Wildman–Crippen MR) is 74.0 cm³/mol. The highest BCUT2D eigenvalue weighted by Gasteiger charge is 2.36. The maximum atomic E-state index is 12.1. The molecule has 0 amide bonds. The molecule has 1 heterocycles. The van der Waals surface area contributed by atoms with E-state index in [2.05, 4.69) is 25.7 Å². The van der Waals surface area contributed by atoms with E-state index in [1.54, 1.807) is 0 Å². The Bertz CT molecular complexity index is 329. The summed E-state index contributed by atoms with van der Waals surface area (Å²) >= 11 is 0. The molecule has 1 saturated carbocycles. The van der Waals surface area contributed by atoms with Gasteiger partial charge in [-0.3, -0.25) is 9.69 Å². The normalized spacial score (nSPS) is 36.4. The summed E-state index contributed by atoms with van der Waals surface area (Å²) in [5, 5.41) is 9.22. The molecule has 19 heavy (non-hydrogen) atoms. The number of morpholine rings is 1. The lowest BCUT2D eigenvalue weighted by molar-refractivity contribution is -0.130. The number of nitrogens with zero attached hydrogens (tertiary/aromatic N) is 1. The van der Waals surface area contributed by atoms with Gasteiger partial charge in [-0.1, -0.05) is 13.8 Å². The topological polar surface area (TPSA) is 49.8 Å². The van der Waals surface area contributed by atoms with Crippen molar-refractivity contribution in [3.05, 3.63) is 0 Å². The van der Waals surface area contributed by atoms with Crippen molar-refractivity contribution in [2.75, 3.05) is 26.3 Å². The first-order chi connectivity index (χ1) is 8.91. The molecular weight excluding hydrogens is 242 g/mol. The number of Topliss-reactive ketones (excluding diaryl/α,β-unsaturated/α-hetero) is 1. The second-order valence-electron chi connectivity index (χ2n) is 6.97. The van der Waals surface area contributed by atoms with Gasteiger partial charge in [0.15, 0.2) is 0 Å². The number of hydrogen-bond acceptors (Lipinski definition) is 4. The summed E-state index contributed by atoms with van der Waals surface area (Å²) in [6.07, 6.45) is 2.63. The van der Waals surface area contributed by atoms with Crippen LogP contribution in [-0.4, -0.2) is 54.2 Å². The van der Waals surface area contributed by atoms with Crippen LogP contribution in [0.3, 0.4) is 0 Å². The molecule has 110 valence electrons. The van der Waals surface area contributed by atoms with Crippen LogP contribution >= 0.6 is 0 Å². The zero-order chi connectivity index (χ0) is 14.0. The molecule has 2 rings (SSSR count). The third-order valence-electron chi connectivity index (χ3n) is 4.60. The largest absolute Gasteiger partial charge is 0.394 e. The van der Waals surface area contributed by atoms with Gasteiger partial charge in [-0.05, 0) is 25.2 Å². The number of aliphatic hydroxyl groups excluding tert-OH is 1. The maximum Gasteiger partial charge on any atom is 0.137 e. The van der Waals surface area contributed by atoms with Crippen LogP contribution in [-0.2, 0) is 9.53 Å². The first-order valence-corrected chi connectivity index (χ1v) is 7.40. The van der Waals surface area contributed by atoms with Crippen molar-refractivity contribution in [1.82, 2.24) is 4.90 Å². The average Bonchev–Trinajstić information content (AvgIpc) is 2.36. The van der Waals surface area contributed by atoms with E-state index in [9.17, 15) is 9.90 Å². The van der Waals surface area contributed by atoms with E-state index < -0.39 is 0 Å². The SMILES string of the molecule is CC1COC(CO)CN1CC1CC(C)(C)CCC1=O. The quantitative estimate of drug-likeness (QED) is 0.843. The second-order valence-corrected chi connectivity index (χ2v) is 6.97. The number of carbonyl (C=O) groups is 1. The predicted octanol–water partition coefficient (Wildman–Crippen LogP) is 1.46. The summed E-state index contributed by atoms with van der Waals surface area (Å²) in [5.41, 5.74) is 0.282. The molecule has 2 aliphatic rings. The molecule has 1 aliphatic carbocycles. The van der Waals surface area contributed by atoms with Crippen molar-refractivity contribution < 1.29 is 14.6 Å². The van der Waals surface area contributed by atoms with Crippen LogP contribution in [0.25, 0.3) is 0 Å². The van der Waals surface area contributed by atoms with Gasteiger partial charge in [0.1, 0.15) is 5.78 Å². The molecule has 3 unspecified atom stereocenters. The number of rotatable bonds is 3. The molecular formula is C15H27NO3. The Balaban J connectivity index is 1.96. The lowest BCUT2D eigenvalue weighted by Gasteiger charge is -2.41. The van der Waals surface area contributed by atoms with Crippen molar-refractivity contribution in [3.63, 3.8) is 0 Å². The fourth-order valence-electron chi connectivity index (χ4n) is 3.24. The van der Waals surface area contributed by atoms with E-state index in [4.69, 9.17) is 4.74 Å². The zero-order valence-corrected chi connectivity index (χ0v) is 12.4. The highest BCUT2D eigenvalue weighted by atomic mass is 16.5. The number of carbonyl (C=O) groups excluding carboxylic acids is 1. The Kier molecular flexibility index (Phi) is 4.64. The van der Waals surface area contributed by atoms with Gasteiger partial charge in [-0.15, -0.1) is 0 Å². The molecule has 3 atom stereocenters. The Morgan fingerprint density at radius 1 is 1.47 bits per heavy atom. The molecule has 4 heteroatoms. The van der Waals surface area contributed by atoms with Gasteiger partial charge in [0, 0.05) is 31.5 Å². The molecule has 0 aromatic carbocycles. The number of ether oxygens (including phenoxy) is 1. The highest BCUT2D eigenvalue weighted by molar-refractivity contribution is 5.82. The Hall–Kier alpha value is -0.450. The molecule has 1 aliphatic heterocycles. The van der Waals surface area contributed by atoms with Crippen LogP contribution in [0.2, 0.25) is 0 Å². The second kappa shape index (κ2) is 5.90. The highest BCUT2D eigenvalue weighted by Crippen LogP contribution is 2.37. The number of hydrogen-bond donors (Lipinski definition) is 1. The van der Waals surface area contributed by atoms with Crippen molar-refractivity contribution >= 4 is 5.78 Å². The minimum atomic E-state index is -0.0945. The molecule has 0 spiro atoms. The molecule has 2 fully saturated rings. The summed E-state index contributed by atoms with van der Waals surface area (Å²) in [5.74, 6) is 0.571. The van der Waals surface area contributed by atoms with E-state index in [0.29, 0.717) is 18.4 Å². The van der Waals surface area contributed by atoms with Gasteiger partial charge in [-0.25, -0.2) is 0 Å². The van der Waals surface area contributed by atoms with Crippen molar-refractivity contribution in [2.45, 2.75) is 52.2 Å². The molecule has 0 bridgehead atoms. The Morgan fingerprint density at radius 3 is 2.89 bits per heavy atom. The van der Waals surface area contributed by atoms with Gasteiger partial charge in [0.2, 0.25) is 0 Å². The third kappa shape index (κ3) is 3.77. The Morgan fingerprint density at radius 2 is 2.21 bits per heavy atom. The van der Waals surface area contributed by atoms with Gasteiger partial charge < -0.3 is 9.84 Å². The summed E-state index contributed by atoms with van der Waals surface area (Å²) in [6.45, 7) is 8.91. The summed E-state index contributed by atoms with van der Waals surface area (Å²) in [4.78, 5) is 14.4. The first-order valence-electron chi connectivity index (χ1n) is 7.40. The molecule has 0 aromatic rings. The number of ketones is 1. The maximum absolute atomic E-state index is 12.1. The van der Waals surface area contributed by atoms with Crippen LogP contribution in [0.4, 0.5) is 0 Å². The third-order valence-corrected chi connectivity index (χ3v) is 4.60. The standard InChI is InChI=1S/C15H27NO3/c1-11-10-19-13(9-17)8-16(11)7-12-6-15(2,3)5-4-14(12)18/h11-13,17H,4-10H2,1-3H3. The summed E-state index contributed by atoms with van der Waals surface area (Å²) in [6, 6.07) is 0.334. The van der Waals surface area contributed by atoms with E-state index in [0.717, 1.165) is 32.4 Å². The minimum Gasteiger partial charge on any atom is -0.394 e. The van der Waals surface area contributed by atoms with E-state index >= 15 is 0 Å². The average molecular weight is 269 g/mol. The molecule has 0 aromatic heterocycles. The monoisotopic (exact) mass is 269 g/mol. The number of aliphatic hydroxyl groups is 1. The smallest absolute Gasteiger partial charge is 0.137 e. The Labute approximate surface area is 116 Å². The van der Waals surface area contributed by atoms with Crippen LogP contribution < -0.4 is 0 Å². The molecule has 1 saturated heterocycles. The van der Waals surface area contributed by atoms with E-state index in [-0.39, 0.29) is 24.0 Å². The van der Waals surface area contributed by atoms with Gasteiger partial charge in [-0.2, -0.15) is 0 Å². The lowest BCUT2D eigenvalue weighted by Crippen LogP contribution is -2.52. The van der Waals surface area contributed by atoms with Crippen molar-refractivity contribution in [2.24, 2.45) is 11.3 Å². The molecule has 1 N–H and O–H groups in total. The fourth-order valence-corrected chi connectivity index (χ4v) is 3.24.